The number of anilines is 2. The summed E-state index contributed by atoms with van der Waals surface area (Å²) in [5.41, 5.74) is 12.1. The van der Waals surface area contributed by atoms with Gasteiger partial charge in [0.25, 0.3) is 0 Å². The maximum atomic E-state index is 11.0. The van der Waals surface area contributed by atoms with E-state index in [1.165, 1.54) is 4.90 Å². The van der Waals surface area contributed by atoms with Crippen LogP contribution in [0.3, 0.4) is 0 Å². The largest absolute Gasteiger partial charge is 0.381 e. The Morgan fingerprint density at radius 2 is 2.18 bits per heavy atom. The predicted molar refractivity (Wildman–Crippen MR) is 64.3 cm³/mol. The summed E-state index contributed by atoms with van der Waals surface area (Å²) in [7, 11) is 1.59. The summed E-state index contributed by atoms with van der Waals surface area (Å²) in [4.78, 5) is 12.4. The van der Waals surface area contributed by atoms with Gasteiger partial charge in [-0.3, -0.25) is 4.90 Å². The number of carbonyl (C=O) groups is 1. The highest BCUT2D eigenvalue weighted by Gasteiger charge is 2.09. The van der Waals surface area contributed by atoms with Gasteiger partial charge in [-0.1, -0.05) is 17.3 Å². The van der Waals surface area contributed by atoms with Crippen LogP contribution < -0.4 is 16.4 Å². The first kappa shape index (κ1) is 11.0. The van der Waals surface area contributed by atoms with Gasteiger partial charge in [-0.15, -0.1) is 0 Å². The number of benzene rings is 1. The molecule has 0 spiro atoms. The summed E-state index contributed by atoms with van der Waals surface area (Å²) in [6.07, 6.45) is 0. The van der Waals surface area contributed by atoms with Crippen LogP contribution in [-0.4, -0.2) is 18.2 Å². The van der Waals surface area contributed by atoms with E-state index >= 15 is 0 Å². The first-order valence-electron chi connectivity index (χ1n) is 4.93. The van der Waals surface area contributed by atoms with Crippen LogP contribution in [0.15, 0.2) is 34.9 Å². The molecule has 0 atom stereocenters. The van der Waals surface area contributed by atoms with Crippen molar-refractivity contribution in [2.75, 3.05) is 17.7 Å². The minimum Gasteiger partial charge on any atom is -0.381 e. The summed E-state index contributed by atoms with van der Waals surface area (Å²) >= 11 is 0. The van der Waals surface area contributed by atoms with Gasteiger partial charge in [-0.25, -0.2) is 4.79 Å². The Labute approximate surface area is 97.8 Å². The number of carbonyl (C=O) groups excluding carboxylic acids is 1. The van der Waals surface area contributed by atoms with Crippen LogP contribution in [0.5, 0.6) is 0 Å². The molecule has 2 amide bonds. The van der Waals surface area contributed by atoms with Crippen molar-refractivity contribution in [3.05, 3.63) is 30.3 Å². The fourth-order valence-corrected chi connectivity index (χ4v) is 1.42. The summed E-state index contributed by atoms with van der Waals surface area (Å²) in [5, 5.41) is 3.60. The van der Waals surface area contributed by atoms with E-state index in [0.29, 0.717) is 17.3 Å². The number of hydrogen-bond acceptors (Lipinski definition) is 4. The van der Waals surface area contributed by atoms with Crippen LogP contribution >= 0.6 is 0 Å². The number of urea groups is 1. The van der Waals surface area contributed by atoms with E-state index in [2.05, 4.69) is 5.16 Å². The van der Waals surface area contributed by atoms with Gasteiger partial charge in [-0.2, -0.15) is 0 Å². The maximum absolute atomic E-state index is 11.0. The van der Waals surface area contributed by atoms with Crippen LogP contribution in [0.2, 0.25) is 0 Å². The zero-order valence-corrected chi connectivity index (χ0v) is 9.25. The van der Waals surface area contributed by atoms with Crippen molar-refractivity contribution >= 4 is 17.5 Å². The van der Waals surface area contributed by atoms with Gasteiger partial charge < -0.3 is 16.0 Å². The molecule has 1 aromatic heterocycles. The van der Waals surface area contributed by atoms with Gasteiger partial charge in [0.1, 0.15) is 0 Å². The fraction of sp³-hybridized carbons (Fsp3) is 0.0909. The molecule has 0 aliphatic carbocycles. The number of amides is 2. The maximum Gasteiger partial charge on any atom is 0.318 e. The van der Waals surface area contributed by atoms with Gasteiger partial charge in [0, 0.05) is 24.4 Å². The molecule has 6 nitrogen and oxygen atoms in total. The number of nitrogens with two attached hydrogens (primary N) is 2. The quantitative estimate of drug-likeness (QED) is 0.818. The number of aromatic nitrogens is 1. The number of nitrogen functional groups attached to an aromatic ring is 1. The average Bonchev–Trinajstić information content (AvgIpc) is 2.75. The highest BCUT2D eigenvalue weighted by atomic mass is 16.5. The number of nitrogens with zero attached hydrogens (tertiary/aromatic N) is 2. The van der Waals surface area contributed by atoms with Crippen molar-refractivity contribution in [2.45, 2.75) is 0 Å². The van der Waals surface area contributed by atoms with Crippen molar-refractivity contribution in [3.63, 3.8) is 0 Å². The van der Waals surface area contributed by atoms with Crippen LogP contribution in [-0.2, 0) is 0 Å². The van der Waals surface area contributed by atoms with Gasteiger partial charge in [-0.05, 0) is 12.1 Å². The Balaban J connectivity index is 2.38. The molecule has 2 aromatic rings. The topological polar surface area (TPSA) is 98.4 Å². The predicted octanol–water partition coefficient (Wildman–Crippen LogP) is 1.44. The first-order chi connectivity index (χ1) is 8.08. The molecular formula is C11H12N4O2. The standard InChI is InChI=1S/C11H12N4O2/c1-15(11(13)16)8-4-2-3-7(5-8)9-6-10(12)14-17-9/h2-6H,1H3,(H2,12,14)(H2,13,16). The first-order valence-corrected chi connectivity index (χ1v) is 4.93. The van der Waals surface area contributed by atoms with Crippen molar-refractivity contribution in [2.24, 2.45) is 5.73 Å². The van der Waals surface area contributed by atoms with Crippen LogP contribution in [0.4, 0.5) is 16.3 Å². The second kappa shape index (κ2) is 4.17. The molecular weight excluding hydrogens is 220 g/mol. The molecule has 2 rings (SSSR count). The lowest BCUT2D eigenvalue weighted by Gasteiger charge is -2.14. The third-order valence-corrected chi connectivity index (χ3v) is 2.38. The summed E-state index contributed by atoms with van der Waals surface area (Å²) < 4.78 is 5.04. The van der Waals surface area contributed by atoms with E-state index < -0.39 is 6.03 Å². The van der Waals surface area contributed by atoms with E-state index in [1.54, 1.807) is 31.3 Å². The average molecular weight is 232 g/mol. The third-order valence-electron chi connectivity index (χ3n) is 2.38. The molecule has 1 heterocycles. The highest BCUT2D eigenvalue weighted by Crippen LogP contribution is 2.25. The lowest BCUT2D eigenvalue weighted by Crippen LogP contribution is -2.31. The van der Waals surface area contributed by atoms with E-state index in [0.717, 1.165) is 5.56 Å². The van der Waals surface area contributed by atoms with Crippen molar-refractivity contribution in [1.82, 2.24) is 5.16 Å². The zero-order chi connectivity index (χ0) is 12.4. The molecule has 0 bridgehead atoms. The van der Waals surface area contributed by atoms with Gasteiger partial charge in [0.2, 0.25) is 0 Å². The second-order valence-corrected chi connectivity index (χ2v) is 3.56. The Morgan fingerprint density at radius 3 is 2.76 bits per heavy atom. The Morgan fingerprint density at radius 1 is 1.41 bits per heavy atom. The molecule has 88 valence electrons. The molecule has 17 heavy (non-hydrogen) atoms. The van der Waals surface area contributed by atoms with Crippen LogP contribution in [0.25, 0.3) is 11.3 Å². The molecule has 0 radical (unpaired) electrons. The van der Waals surface area contributed by atoms with Crippen molar-refractivity contribution in [3.8, 4) is 11.3 Å². The number of hydrogen-bond donors (Lipinski definition) is 2. The second-order valence-electron chi connectivity index (χ2n) is 3.56. The highest BCUT2D eigenvalue weighted by molar-refractivity contribution is 5.90. The summed E-state index contributed by atoms with van der Waals surface area (Å²) in [6.45, 7) is 0. The lowest BCUT2D eigenvalue weighted by atomic mass is 10.1. The number of rotatable bonds is 2. The van der Waals surface area contributed by atoms with Gasteiger partial charge >= 0.3 is 6.03 Å². The van der Waals surface area contributed by atoms with Crippen molar-refractivity contribution in [1.29, 1.82) is 0 Å². The SMILES string of the molecule is CN(C(N)=O)c1cccc(-c2cc(N)no2)c1. The molecule has 0 fully saturated rings. The molecule has 0 aliphatic rings. The van der Waals surface area contributed by atoms with Gasteiger partial charge in [0.15, 0.2) is 11.6 Å². The van der Waals surface area contributed by atoms with Crippen LogP contribution in [0.1, 0.15) is 0 Å². The van der Waals surface area contributed by atoms with Gasteiger partial charge in [0.05, 0.1) is 0 Å². The third kappa shape index (κ3) is 2.20. The van der Waals surface area contributed by atoms with Crippen LogP contribution in [0, 0.1) is 0 Å². The Kier molecular flexibility index (Phi) is 2.70. The molecule has 0 saturated heterocycles. The summed E-state index contributed by atoms with van der Waals surface area (Å²) in [6, 6.07) is 8.25. The normalized spacial score (nSPS) is 10.2. The molecule has 0 saturated carbocycles. The molecule has 4 N–H and O–H groups in total. The molecule has 6 heteroatoms. The summed E-state index contributed by atoms with van der Waals surface area (Å²) in [5.74, 6) is 0.857. The monoisotopic (exact) mass is 232 g/mol. The van der Waals surface area contributed by atoms with E-state index in [9.17, 15) is 4.79 Å². The Bertz CT molecular complexity index is 550. The smallest absolute Gasteiger partial charge is 0.318 e. The van der Waals surface area contributed by atoms with E-state index in [1.807, 2.05) is 6.07 Å². The Hall–Kier alpha value is -2.50. The lowest BCUT2D eigenvalue weighted by molar-refractivity contribution is 0.255. The zero-order valence-electron chi connectivity index (χ0n) is 9.25. The van der Waals surface area contributed by atoms with Crippen molar-refractivity contribution < 1.29 is 9.32 Å². The van der Waals surface area contributed by atoms with E-state index in [-0.39, 0.29) is 0 Å². The van der Waals surface area contributed by atoms with E-state index in [4.69, 9.17) is 16.0 Å². The molecule has 0 unspecified atom stereocenters. The minimum absolute atomic E-state index is 0.314. The molecule has 0 aliphatic heterocycles. The fourth-order valence-electron chi connectivity index (χ4n) is 1.42. The minimum atomic E-state index is -0.528. The number of primary amides is 1. The molecule has 1 aromatic carbocycles.